The van der Waals surface area contributed by atoms with E-state index in [0.29, 0.717) is 0 Å². The van der Waals surface area contributed by atoms with Crippen LogP contribution in [0, 0.1) is 0 Å². The molecule has 142 valence electrons. The van der Waals surface area contributed by atoms with E-state index in [1.165, 1.54) is 12.0 Å². The van der Waals surface area contributed by atoms with Gasteiger partial charge in [-0.2, -0.15) is 0 Å². The zero-order valence-electron chi connectivity index (χ0n) is 14.5. The number of hydrogen-bond acceptors (Lipinski definition) is 3. The van der Waals surface area contributed by atoms with Crippen LogP contribution in [0.3, 0.4) is 0 Å². The Morgan fingerprint density at radius 1 is 1.08 bits per heavy atom. The lowest BCUT2D eigenvalue weighted by atomic mass is 9.81. The molecule has 2 aliphatic rings. The van der Waals surface area contributed by atoms with Crippen LogP contribution in [0.25, 0.3) is 0 Å². The molecule has 1 aliphatic heterocycles. The lowest BCUT2D eigenvalue weighted by molar-refractivity contribution is -0.140. The van der Waals surface area contributed by atoms with Crippen LogP contribution < -0.4 is 5.73 Å². The van der Waals surface area contributed by atoms with Gasteiger partial charge in [0.2, 0.25) is 5.91 Å². The van der Waals surface area contributed by atoms with Crippen molar-refractivity contribution < 1.29 is 4.79 Å². The maximum absolute atomic E-state index is 12.7. The minimum atomic E-state index is -0.604. The first-order valence-corrected chi connectivity index (χ1v) is 9.00. The van der Waals surface area contributed by atoms with Gasteiger partial charge in [-0.1, -0.05) is 43.0 Å². The maximum atomic E-state index is 12.7. The molecule has 1 saturated carbocycles. The molecule has 7 heteroatoms. The molecule has 1 saturated heterocycles. The molecule has 2 fully saturated rings. The van der Waals surface area contributed by atoms with E-state index in [1.54, 1.807) is 0 Å². The number of hydrogen-bond donors (Lipinski definition) is 1. The highest BCUT2D eigenvalue weighted by Crippen LogP contribution is 2.28. The Bertz CT molecular complexity index is 556. The molecule has 1 aromatic carbocycles. The first-order chi connectivity index (χ1) is 11.1. The van der Waals surface area contributed by atoms with Crippen molar-refractivity contribution in [2.24, 2.45) is 5.73 Å². The lowest BCUT2D eigenvalue weighted by Crippen LogP contribution is -2.60. The molecule has 2 N–H and O–H groups in total. The third-order valence-corrected chi connectivity index (χ3v) is 5.36. The van der Waals surface area contributed by atoms with Crippen molar-refractivity contribution in [3.63, 3.8) is 0 Å². The maximum Gasteiger partial charge on any atom is 0.242 e. The van der Waals surface area contributed by atoms with E-state index in [-0.39, 0.29) is 30.7 Å². The summed E-state index contributed by atoms with van der Waals surface area (Å²) in [6.45, 7) is 4.23. The Morgan fingerprint density at radius 3 is 2.32 bits per heavy atom. The van der Waals surface area contributed by atoms with Gasteiger partial charge in [0.25, 0.3) is 0 Å². The number of piperazine rings is 1. The highest BCUT2D eigenvalue weighted by Gasteiger charge is 2.39. The van der Waals surface area contributed by atoms with Crippen LogP contribution in [-0.4, -0.2) is 47.4 Å². The van der Waals surface area contributed by atoms with Gasteiger partial charge in [0.05, 0.1) is 5.54 Å². The Morgan fingerprint density at radius 2 is 1.72 bits per heavy atom. The van der Waals surface area contributed by atoms with Crippen LogP contribution in [0.5, 0.6) is 0 Å². The van der Waals surface area contributed by atoms with Gasteiger partial charge < -0.3 is 10.6 Å². The number of carbonyl (C=O) groups excluding carboxylic acids is 1. The highest BCUT2D eigenvalue weighted by molar-refractivity contribution is 6.30. The molecule has 1 aliphatic carbocycles. The fourth-order valence-corrected chi connectivity index (χ4v) is 3.93. The molecule has 3 rings (SSSR count). The number of carbonyl (C=O) groups is 1. The van der Waals surface area contributed by atoms with E-state index >= 15 is 0 Å². The zero-order valence-corrected chi connectivity index (χ0v) is 16.8. The highest BCUT2D eigenvalue weighted by atomic mass is 35.5. The molecule has 0 bridgehead atoms. The Hall–Kier alpha value is -0.520. The summed E-state index contributed by atoms with van der Waals surface area (Å²) in [6, 6.07) is 7.99. The minimum absolute atomic E-state index is 0. The molecule has 1 amide bonds. The predicted molar refractivity (Wildman–Crippen MR) is 108 cm³/mol. The molecule has 4 nitrogen and oxygen atoms in total. The van der Waals surface area contributed by atoms with Crippen molar-refractivity contribution in [2.75, 3.05) is 26.2 Å². The second kappa shape index (κ2) is 9.98. The first kappa shape index (κ1) is 22.5. The molecule has 1 aromatic rings. The molecule has 0 unspecified atom stereocenters. The molecule has 0 atom stereocenters. The first-order valence-electron chi connectivity index (χ1n) is 8.62. The van der Waals surface area contributed by atoms with Crippen molar-refractivity contribution in [3.05, 3.63) is 34.9 Å². The van der Waals surface area contributed by atoms with Gasteiger partial charge in [-0.25, -0.2) is 0 Å². The van der Waals surface area contributed by atoms with E-state index in [9.17, 15) is 4.79 Å². The molecule has 25 heavy (non-hydrogen) atoms. The quantitative estimate of drug-likeness (QED) is 0.833. The second-order valence-corrected chi connectivity index (χ2v) is 7.35. The summed E-state index contributed by atoms with van der Waals surface area (Å²) >= 11 is 6.04. The summed E-state index contributed by atoms with van der Waals surface area (Å²) in [5, 5.41) is 0.777. The Balaban J connectivity index is 0.00000156. The normalized spacial score (nSPS) is 20.3. The van der Waals surface area contributed by atoms with Crippen LogP contribution in [0.2, 0.25) is 5.02 Å². The number of halogens is 3. The number of amides is 1. The van der Waals surface area contributed by atoms with E-state index in [2.05, 4.69) is 11.0 Å². The summed E-state index contributed by atoms with van der Waals surface area (Å²) in [6.07, 6.45) is 5.05. The lowest BCUT2D eigenvalue weighted by Gasteiger charge is -2.41. The number of rotatable bonds is 3. The summed E-state index contributed by atoms with van der Waals surface area (Å²) < 4.78 is 0. The van der Waals surface area contributed by atoms with Crippen LogP contribution in [-0.2, 0) is 11.3 Å². The van der Waals surface area contributed by atoms with E-state index in [1.807, 2.05) is 23.1 Å². The van der Waals surface area contributed by atoms with Crippen LogP contribution >= 0.6 is 36.4 Å². The number of nitrogens with zero attached hydrogens (tertiary/aromatic N) is 2. The average Bonchev–Trinajstić information content (AvgIpc) is 2.56. The summed E-state index contributed by atoms with van der Waals surface area (Å²) in [4.78, 5) is 17.1. The third-order valence-electron chi connectivity index (χ3n) is 5.13. The van der Waals surface area contributed by atoms with Crippen LogP contribution in [0.15, 0.2) is 24.3 Å². The summed E-state index contributed by atoms with van der Waals surface area (Å²) in [7, 11) is 0. The van der Waals surface area contributed by atoms with Crippen LogP contribution in [0.1, 0.15) is 37.7 Å². The van der Waals surface area contributed by atoms with Crippen molar-refractivity contribution in [3.8, 4) is 0 Å². The van der Waals surface area contributed by atoms with Crippen molar-refractivity contribution in [1.82, 2.24) is 9.80 Å². The molecular weight excluding hydrogens is 381 g/mol. The third kappa shape index (κ3) is 5.73. The predicted octanol–water partition coefficient (Wildman–Crippen LogP) is 3.49. The summed E-state index contributed by atoms with van der Waals surface area (Å²) in [5.41, 5.74) is 7.01. The van der Waals surface area contributed by atoms with Gasteiger partial charge in [-0.05, 0) is 30.5 Å². The molecular formula is C18H28Cl3N3O. The fourth-order valence-electron chi connectivity index (χ4n) is 3.71. The minimum Gasteiger partial charge on any atom is -0.339 e. The Kier molecular flexibility index (Phi) is 8.99. The number of nitrogens with two attached hydrogens (primary N) is 1. The number of benzene rings is 1. The van der Waals surface area contributed by atoms with Crippen molar-refractivity contribution in [1.29, 1.82) is 0 Å². The van der Waals surface area contributed by atoms with Gasteiger partial charge in [0, 0.05) is 37.7 Å². The largest absolute Gasteiger partial charge is 0.339 e. The molecule has 0 spiro atoms. The van der Waals surface area contributed by atoms with Crippen molar-refractivity contribution in [2.45, 2.75) is 44.2 Å². The molecule has 1 heterocycles. The summed E-state index contributed by atoms with van der Waals surface area (Å²) in [5.74, 6) is 0.166. The van der Waals surface area contributed by atoms with Crippen molar-refractivity contribution >= 4 is 42.3 Å². The van der Waals surface area contributed by atoms with Crippen LogP contribution in [0.4, 0.5) is 0 Å². The second-order valence-electron chi connectivity index (χ2n) is 6.92. The SMILES string of the molecule is Cl.Cl.NC1(C(=O)N2CCN(Cc3cccc(Cl)c3)CC2)CCCCC1. The van der Waals surface area contributed by atoms with Gasteiger partial charge >= 0.3 is 0 Å². The van der Waals surface area contributed by atoms with E-state index in [0.717, 1.165) is 63.4 Å². The van der Waals surface area contributed by atoms with E-state index < -0.39 is 5.54 Å². The van der Waals surface area contributed by atoms with Gasteiger partial charge in [-0.15, -0.1) is 24.8 Å². The monoisotopic (exact) mass is 407 g/mol. The van der Waals surface area contributed by atoms with E-state index in [4.69, 9.17) is 17.3 Å². The Labute approximate surface area is 167 Å². The fraction of sp³-hybridized carbons (Fsp3) is 0.611. The average molecular weight is 409 g/mol. The van der Waals surface area contributed by atoms with Gasteiger partial charge in [0.15, 0.2) is 0 Å². The standard InChI is InChI=1S/C18H26ClN3O.2ClH/c19-16-6-4-5-15(13-16)14-21-9-11-22(12-10-21)17(23)18(20)7-2-1-3-8-18;;/h4-6,13H,1-3,7-12,14,20H2;2*1H. The molecule has 0 radical (unpaired) electrons. The smallest absolute Gasteiger partial charge is 0.242 e. The zero-order chi connectivity index (χ0) is 16.3. The molecule has 0 aromatic heterocycles. The van der Waals surface area contributed by atoms with Gasteiger partial charge in [0.1, 0.15) is 0 Å². The topological polar surface area (TPSA) is 49.6 Å². The van der Waals surface area contributed by atoms with Gasteiger partial charge in [-0.3, -0.25) is 9.69 Å².